The van der Waals surface area contributed by atoms with E-state index in [0.29, 0.717) is 6.54 Å². The number of benzene rings is 1. The summed E-state index contributed by atoms with van der Waals surface area (Å²) in [6, 6.07) is 9.00. The van der Waals surface area contributed by atoms with Crippen molar-refractivity contribution in [3.8, 4) is 0 Å². The van der Waals surface area contributed by atoms with E-state index >= 15 is 0 Å². The van der Waals surface area contributed by atoms with Gasteiger partial charge in [0.1, 0.15) is 11.6 Å². The van der Waals surface area contributed by atoms with Crippen LogP contribution in [-0.4, -0.2) is 49.1 Å². The Labute approximate surface area is 193 Å². The monoisotopic (exact) mass is 525 g/mol. The highest BCUT2D eigenvalue weighted by atomic mass is 127. The van der Waals surface area contributed by atoms with Crippen molar-refractivity contribution in [3.63, 3.8) is 0 Å². The van der Waals surface area contributed by atoms with Crippen molar-refractivity contribution in [1.29, 1.82) is 0 Å². The van der Waals surface area contributed by atoms with E-state index in [9.17, 15) is 4.39 Å². The molecule has 1 aliphatic rings. The number of fused-ring (bicyclic) bond motifs is 1. The topological polar surface area (TPSA) is 68.6 Å². The van der Waals surface area contributed by atoms with Crippen LogP contribution in [0.5, 0.6) is 0 Å². The van der Waals surface area contributed by atoms with Crippen molar-refractivity contribution in [2.45, 2.75) is 25.3 Å². The molecule has 1 aromatic carbocycles. The van der Waals surface area contributed by atoms with Gasteiger partial charge in [-0.05, 0) is 68.2 Å². The molecule has 1 saturated heterocycles. The van der Waals surface area contributed by atoms with Crippen LogP contribution in [0.3, 0.4) is 0 Å². The zero-order valence-electron chi connectivity index (χ0n) is 17.2. The van der Waals surface area contributed by atoms with Crippen LogP contribution in [0.4, 0.5) is 4.39 Å². The predicted molar refractivity (Wildman–Crippen MR) is 129 cm³/mol. The number of halogens is 2. The smallest absolute Gasteiger partial charge is 0.191 e. The van der Waals surface area contributed by atoms with Gasteiger partial charge in [-0.3, -0.25) is 9.89 Å². The third-order valence-electron chi connectivity index (χ3n) is 5.56. The number of aromatic amines is 1. The number of nitrogens with one attached hydrogen (secondary N) is 3. The molecule has 3 N–H and O–H groups in total. The fourth-order valence-corrected chi connectivity index (χ4v) is 4.03. The molecule has 8 heteroatoms. The van der Waals surface area contributed by atoms with Gasteiger partial charge in [-0.25, -0.2) is 4.39 Å². The SMILES string of the molecule is CN=C(NCCc1c[nH]c2ccc(F)cc12)NCC(c1ccco1)N1CCCC1.I. The number of furan rings is 1. The van der Waals surface area contributed by atoms with E-state index in [1.165, 1.54) is 18.9 Å². The lowest BCUT2D eigenvalue weighted by Crippen LogP contribution is -2.43. The highest BCUT2D eigenvalue weighted by molar-refractivity contribution is 14.0. The van der Waals surface area contributed by atoms with E-state index in [0.717, 1.165) is 54.2 Å². The molecule has 162 valence electrons. The zero-order chi connectivity index (χ0) is 20.1. The van der Waals surface area contributed by atoms with Crippen molar-refractivity contribution in [2.24, 2.45) is 4.99 Å². The summed E-state index contributed by atoms with van der Waals surface area (Å²) in [6.45, 7) is 3.62. The maximum Gasteiger partial charge on any atom is 0.191 e. The minimum atomic E-state index is -0.213. The average molecular weight is 525 g/mol. The normalized spacial score (nSPS) is 15.9. The molecular formula is C22H29FIN5O. The Kier molecular flexibility index (Phi) is 8.15. The molecule has 1 atom stereocenters. The first-order chi connectivity index (χ1) is 14.2. The molecule has 1 aliphatic heterocycles. The number of aromatic nitrogens is 1. The molecule has 0 saturated carbocycles. The Balaban J connectivity index is 0.00000256. The summed E-state index contributed by atoms with van der Waals surface area (Å²) in [5.74, 6) is 1.53. The van der Waals surface area contributed by atoms with E-state index in [1.54, 1.807) is 25.4 Å². The third kappa shape index (κ3) is 5.34. The molecule has 0 radical (unpaired) electrons. The molecule has 1 unspecified atom stereocenters. The second-order valence-electron chi connectivity index (χ2n) is 7.41. The highest BCUT2D eigenvalue weighted by Gasteiger charge is 2.25. The van der Waals surface area contributed by atoms with Gasteiger partial charge in [-0.15, -0.1) is 24.0 Å². The maximum atomic E-state index is 13.5. The van der Waals surface area contributed by atoms with Gasteiger partial charge in [0.05, 0.1) is 12.3 Å². The van der Waals surface area contributed by atoms with Gasteiger partial charge in [0.25, 0.3) is 0 Å². The van der Waals surface area contributed by atoms with Crippen molar-refractivity contribution >= 4 is 40.8 Å². The van der Waals surface area contributed by atoms with Crippen molar-refractivity contribution < 1.29 is 8.81 Å². The molecule has 2 aromatic heterocycles. The molecular weight excluding hydrogens is 496 g/mol. The van der Waals surface area contributed by atoms with Crippen molar-refractivity contribution in [1.82, 2.24) is 20.5 Å². The molecule has 0 bridgehead atoms. The Morgan fingerprint density at radius 1 is 1.27 bits per heavy atom. The predicted octanol–water partition coefficient (Wildman–Crippen LogP) is 4.06. The van der Waals surface area contributed by atoms with E-state index in [2.05, 4.69) is 25.5 Å². The molecule has 0 amide bonds. The van der Waals surface area contributed by atoms with Crippen LogP contribution in [0.15, 0.2) is 52.2 Å². The number of H-pyrrole nitrogens is 1. The summed E-state index contributed by atoms with van der Waals surface area (Å²) < 4.78 is 19.2. The average Bonchev–Trinajstić information content (AvgIpc) is 3.49. The first kappa shape index (κ1) is 22.6. The van der Waals surface area contributed by atoms with Crippen LogP contribution in [0.2, 0.25) is 0 Å². The second-order valence-corrected chi connectivity index (χ2v) is 7.41. The van der Waals surface area contributed by atoms with Gasteiger partial charge in [-0.2, -0.15) is 0 Å². The van der Waals surface area contributed by atoms with E-state index in [1.807, 2.05) is 18.3 Å². The van der Waals surface area contributed by atoms with Gasteiger partial charge < -0.3 is 20.0 Å². The van der Waals surface area contributed by atoms with Crippen LogP contribution < -0.4 is 10.6 Å². The lowest BCUT2D eigenvalue weighted by Gasteiger charge is -2.26. The van der Waals surface area contributed by atoms with E-state index < -0.39 is 0 Å². The molecule has 6 nitrogen and oxygen atoms in total. The Bertz CT molecular complexity index is 950. The third-order valence-corrected chi connectivity index (χ3v) is 5.56. The van der Waals surface area contributed by atoms with Crippen LogP contribution in [0.1, 0.15) is 30.2 Å². The largest absolute Gasteiger partial charge is 0.468 e. The fraction of sp³-hybridized carbons (Fsp3) is 0.409. The molecule has 30 heavy (non-hydrogen) atoms. The maximum absolute atomic E-state index is 13.5. The Morgan fingerprint density at radius 3 is 2.83 bits per heavy atom. The summed E-state index contributed by atoms with van der Waals surface area (Å²) in [4.78, 5) is 10.00. The van der Waals surface area contributed by atoms with Gasteiger partial charge in [0, 0.05) is 37.2 Å². The van der Waals surface area contributed by atoms with Crippen LogP contribution in [0.25, 0.3) is 10.9 Å². The lowest BCUT2D eigenvalue weighted by atomic mass is 10.1. The minimum absolute atomic E-state index is 0. The van der Waals surface area contributed by atoms with E-state index in [4.69, 9.17) is 4.42 Å². The fourth-order valence-electron chi connectivity index (χ4n) is 4.03. The Morgan fingerprint density at radius 2 is 2.10 bits per heavy atom. The standard InChI is InChI=1S/C22H28FN5O.HI/c1-24-22(25-9-8-16-14-26-19-7-6-17(23)13-18(16)19)27-15-20(21-5-4-12-29-21)28-10-2-3-11-28;/h4-7,12-14,20,26H,2-3,8-11,15H2,1H3,(H2,24,25,27);1H. The van der Waals surface area contributed by atoms with Gasteiger partial charge in [-0.1, -0.05) is 0 Å². The number of likely N-dealkylation sites (tertiary alicyclic amines) is 1. The first-order valence-corrected chi connectivity index (χ1v) is 10.2. The molecule has 4 rings (SSSR count). The van der Waals surface area contributed by atoms with Gasteiger partial charge in [0.2, 0.25) is 0 Å². The summed E-state index contributed by atoms with van der Waals surface area (Å²) >= 11 is 0. The quantitative estimate of drug-likeness (QED) is 0.247. The molecule has 3 heterocycles. The van der Waals surface area contributed by atoms with E-state index in [-0.39, 0.29) is 35.8 Å². The number of guanidine groups is 1. The Hall–Kier alpha value is -2.07. The van der Waals surface area contributed by atoms with Crippen LogP contribution >= 0.6 is 24.0 Å². The zero-order valence-corrected chi connectivity index (χ0v) is 19.5. The lowest BCUT2D eigenvalue weighted by molar-refractivity contribution is 0.215. The molecule has 0 spiro atoms. The second kappa shape index (κ2) is 10.8. The molecule has 0 aliphatic carbocycles. The number of hydrogen-bond donors (Lipinski definition) is 3. The van der Waals surface area contributed by atoms with Crippen molar-refractivity contribution in [2.75, 3.05) is 33.2 Å². The van der Waals surface area contributed by atoms with Gasteiger partial charge in [0.15, 0.2) is 5.96 Å². The minimum Gasteiger partial charge on any atom is -0.468 e. The number of aliphatic imine (C=N–C) groups is 1. The first-order valence-electron chi connectivity index (χ1n) is 10.2. The molecule has 1 fully saturated rings. The molecule has 3 aromatic rings. The van der Waals surface area contributed by atoms with Gasteiger partial charge >= 0.3 is 0 Å². The van der Waals surface area contributed by atoms with Crippen molar-refractivity contribution in [3.05, 3.63) is 59.9 Å². The summed E-state index contributed by atoms with van der Waals surface area (Å²) in [5.41, 5.74) is 2.05. The number of hydrogen-bond acceptors (Lipinski definition) is 3. The number of rotatable bonds is 7. The summed E-state index contributed by atoms with van der Waals surface area (Å²) in [5, 5.41) is 7.72. The van der Waals surface area contributed by atoms with Crippen LogP contribution in [0, 0.1) is 5.82 Å². The highest BCUT2D eigenvalue weighted by Crippen LogP contribution is 2.25. The summed E-state index contributed by atoms with van der Waals surface area (Å²) in [7, 11) is 1.77. The summed E-state index contributed by atoms with van der Waals surface area (Å²) in [6.07, 6.45) is 6.92. The van der Waals surface area contributed by atoms with Crippen LogP contribution in [-0.2, 0) is 6.42 Å². The number of nitrogens with zero attached hydrogens (tertiary/aromatic N) is 2.